The molecule has 0 spiro atoms. The van der Waals surface area contributed by atoms with E-state index in [9.17, 15) is 9.18 Å². The maximum atomic E-state index is 14.1. The average molecular weight is 339 g/mol. The fraction of sp³-hybridized carbons (Fsp3) is 0.167. The van der Waals surface area contributed by atoms with Crippen LogP contribution in [0.3, 0.4) is 0 Å². The van der Waals surface area contributed by atoms with Crippen molar-refractivity contribution in [2.45, 2.75) is 13.0 Å². The van der Waals surface area contributed by atoms with Crippen molar-refractivity contribution in [1.29, 1.82) is 0 Å². The molecule has 3 rings (SSSR count). The number of carbonyl (C=O) groups excluding carboxylic acids is 1. The number of pyridine rings is 1. The molecule has 3 aromatic rings. The third-order valence-electron chi connectivity index (χ3n) is 3.85. The number of ketones is 1. The molecular weight excluding hydrogens is 321 g/mol. The minimum absolute atomic E-state index is 0.116. The summed E-state index contributed by atoms with van der Waals surface area (Å²) in [4.78, 5) is 20.3. The normalized spacial score (nSPS) is 10.6. The monoisotopic (exact) mass is 339 g/mol. The number of aromatic nitrogens is 3. The fourth-order valence-electron chi connectivity index (χ4n) is 2.53. The van der Waals surface area contributed by atoms with Gasteiger partial charge in [0.25, 0.3) is 0 Å². The van der Waals surface area contributed by atoms with Crippen molar-refractivity contribution in [3.8, 4) is 0 Å². The summed E-state index contributed by atoms with van der Waals surface area (Å²) >= 11 is 0. The molecule has 128 valence electrons. The highest BCUT2D eigenvalue weighted by atomic mass is 19.1. The standard InChI is InChI=1S/C18H18FN5O/c1-24-8-7-22-18(24)16(25)10-12-4-5-14(19)13(9-12)11-23-15-3-2-6-21-17(15)20/h2-9,23H,10-11H2,1H3,(H2,20,21). The van der Waals surface area contributed by atoms with Gasteiger partial charge in [-0.2, -0.15) is 0 Å². The van der Waals surface area contributed by atoms with Gasteiger partial charge in [0.1, 0.15) is 11.6 Å². The number of nitrogen functional groups attached to an aromatic ring is 1. The minimum atomic E-state index is -0.344. The van der Waals surface area contributed by atoms with Crippen molar-refractivity contribution >= 4 is 17.3 Å². The van der Waals surface area contributed by atoms with Gasteiger partial charge in [-0.3, -0.25) is 4.79 Å². The van der Waals surface area contributed by atoms with Crippen molar-refractivity contribution in [1.82, 2.24) is 14.5 Å². The number of aryl methyl sites for hydroxylation is 1. The Morgan fingerprint density at radius 1 is 1.28 bits per heavy atom. The van der Waals surface area contributed by atoms with Gasteiger partial charge < -0.3 is 15.6 Å². The maximum absolute atomic E-state index is 14.1. The molecule has 7 heteroatoms. The summed E-state index contributed by atoms with van der Waals surface area (Å²) in [5.74, 6) is 0.272. The van der Waals surface area contributed by atoms with Gasteiger partial charge in [-0.25, -0.2) is 14.4 Å². The van der Waals surface area contributed by atoms with Crippen LogP contribution in [-0.2, 0) is 20.0 Å². The molecule has 0 bridgehead atoms. The van der Waals surface area contributed by atoms with Gasteiger partial charge in [-0.05, 0) is 23.8 Å². The van der Waals surface area contributed by atoms with E-state index in [0.29, 0.717) is 22.9 Å². The number of hydrogen-bond acceptors (Lipinski definition) is 5. The number of anilines is 2. The van der Waals surface area contributed by atoms with E-state index in [1.807, 2.05) is 0 Å². The zero-order valence-electron chi connectivity index (χ0n) is 13.7. The first-order valence-electron chi connectivity index (χ1n) is 7.77. The number of nitrogens with zero attached hydrogens (tertiary/aromatic N) is 3. The SMILES string of the molecule is Cn1ccnc1C(=O)Cc1ccc(F)c(CNc2cccnc2N)c1. The number of rotatable bonds is 6. The van der Waals surface area contributed by atoms with Crippen LogP contribution in [0.15, 0.2) is 48.9 Å². The zero-order valence-corrected chi connectivity index (χ0v) is 13.7. The lowest BCUT2D eigenvalue weighted by Crippen LogP contribution is -2.11. The molecule has 2 aromatic heterocycles. The quantitative estimate of drug-likeness (QED) is 0.674. The molecule has 1 aromatic carbocycles. The Hall–Kier alpha value is -3.22. The number of hydrogen-bond donors (Lipinski definition) is 2. The van der Waals surface area contributed by atoms with E-state index in [1.54, 1.807) is 54.5 Å². The molecule has 3 N–H and O–H groups in total. The lowest BCUT2D eigenvalue weighted by atomic mass is 10.0. The summed E-state index contributed by atoms with van der Waals surface area (Å²) in [7, 11) is 1.76. The van der Waals surface area contributed by atoms with E-state index < -0.39 is 0 Å². The molecule has 0 radical (unpaired) electrons. The first-order chi connectivity index (χ1) is 12.0. The van der Waals surface area contributed by atoms with Crippen molar-refractivity contribution in [3.63, 3.8) is 0 Å². The molecular formula is C18H18FN5O. The highest BCUT2D eigenvalue weighted by molar-refractivity contribution is 5.94. The summed E-state index contributed by atoms with van der Waals surface area (Å²) in [6.45, 7) is 0.242. The molecule has 0 aliphatic heterocycles. The average Bonchev–Trinajstić information content (AvgIpc) is 3.03. The zero-order chi connectivity index (χ0) is 17.8. The molecule has 6 nitrogen and oxygen atoms in total. The Bertz CT molecular complexity index is 906. The molecule has 0 unspecified atom stereocenters. The smallest absolute Gasteiger partial charge is 0.202 e. The molecule has 25 heavy (non-hydrogen) atoms. The second-order valence-corrected chi connectivity index (χ2v) is 5.68. The van der Waals surface area contributed by atoms with Crippen LogP contribution in [-0.4, -0.2) is 20.3 Å². The van der Waals surface area contributed by atoms with E-state index in [2.05, 4.69) is 15.3 Å². The molecule has 0 fully saturated rings. The largest absolute Gasteiger partial charge is 0.382 e. The fourth-order valence-corrected chi connectivity index (χ4v) is 2.53. The summed E-state index contributed by atoms with van der Waals surface area (Å²) < 4.78 is 15.7. The predicted molar refractivity (Wildman–Crippen MR) is 93.6 cm³/mol. The third kappa shape index (κ3) is 3.82. The first kappa shape index (κ1) is 16.6. The Morgan fingerprint density at radius 3 is 2.84 bits per heavy atom. The summed E-state index contributed by atoms with van der Waals surface area (Å²) in [5.41, 5.74) is 7.58. The van der Waals surface area contributed by atoms with Crippen LogP contribution in [0.4, 0.5) is 15.9 Å². The number of carbonyl (C=O) groups is 1. The third-order valence-corrected chi connectivity index (χ3v) is 3.85. The number of nitrogens with one attached hydrogen (secondary N) is 1. The van der Waals surface area contributed by atoms with Crippen molar-refractivity contribution < 1.29 is 9.18 Å². The molecule has 0 saturated carbocycles. The van der Waals surface area contributed by atoms with Gasteiger partial charge in [0.05, 0.1) is 5.69 Å². The highest BCUT2D eigenvalue weighted by Crippen LogP contribution is 2.18. The Balaban J connectivity index is 1.73. The van der Waals surface area contributed by atoms with Crippen LogP contribution >= 0.6 is 0 Å². The molecule has 0 saturated heterocycles. The van der Waals surface area contributed by atoms with E-state index in [4.69, 9.17) is 5.73 Å². The summed E-state index contributed by atoms with van der Waals surface area (Å²) in [6.07, 6.45) is 5.04. The van der Waals surface area contributed by atoms with Gasteiger partial charge in [-0.15, -0.1) is 0 Å². The number of benzene rings is 1. The van der Waals surface area contributed by atoms with Crippen LogP contribution in [0.5, 0.6) is 0 Å². The van der Waals surface area contributed by atoms with Gasteiger partial charge in [0.2, 0.25) is 5.78 Å². The van der Waals surface area contributed by atoms with E-state index >= 15 is 0 Å². The molecule has 0 amide bonds. The van der Waals surface area contributed by atoms with Crippen LogP contribution < -0.4 is 11.1 Å². The Morgan fingerprint density at radius 2 is 2.12 bits per heavy atom. The molecule has 0 atom stereocenters. The lowest BCUT2D eigenvalue weighted by Gasteiger charge is -2.10. The molecule has 2 heterocycles. The number of imidazole rings is 1. The van der Waals surface area contributed by atoms with Crippen molar-refractivity contribution in [3.05, 3.63) is 71.7 Å². The predicted octanol–water partition coefficient (Wildman–Crippen LogP) is 2.57. The van der Waals surface area contributed by atoms with E-state index in [-0.39, 0.29) is 24.6 Å². The number of nitrogens with two attached hydrogens (primary N) is 1. The Kier molecular flexibility index (Phi) is 4.74. The second kappa shape index (κ2) is 7.12. The van der Waals surface area contributed by atoms with E-state index in [0.717, 1.165) is 5.56 Å². The van der Waals surface area contributed by atoms with Crippen molar-refractivity contribution in [2.24, 2.45) is 7.05 Å². The second-order valence-electron chi connectivity index (χ2n) is 5.68. The number of halogens is 1. The lowest BCUT2D eigenvalue weighted by molar-refractivity contribution is 0.0980. The van der Waals surface area contributed by atoms with Crippen LogP contribution in [0.2, 0.25) is 0 Å². The van der Waals surface area contributed by atoms with Gasteiger partial charge in [0.15, 0.2) is 5.82 Å². The first-order valence-corrected chi connectivity index (χ1v) is 7.77. The van der Waals surface area contributed by atoms with Gasteiger partial charge >= 0.3 is 0 Å². The molecule has 0 aliphatic rings. The topological polar surface area (TPSA) is 85.8 Å². The summed E-state index contributed by atoms with van der Waals surface area (Å²) in [5, 5.41) is 3.06. The van der Waals surface area contributed by atoms with Crippen LogP contribution in [0.1, 0.15) is 21.7 Å². The van der Waals surface area contributed by atoms with Gasteiger partial charge in [-0.1, -0.05) is 12.1 Å². The minimum Gasteiger partial charge on any atom is -0.382 e. The van der Waals surface area contributed by atoms with Crippen LogP contribution in [0, 0.1) is 5.82 Å². The van der Waals surface area contributed by atoms with Gasteiger partial charge in [0, 0.05) is 44.2 Å². The number of Topliss-reactive ketones (excluding diaryl/α,β-unsaturated/α-hetero) is 1. The molecule has 0 aliphatic carbocycles. The van der Waals surface area contributed by atoms with E-state index in [1.165, 1.54) is 6.07 Å². The summed E-state index contributed by atoms with van der Waals surface area (Å²) in [6, 6.07) is 8.17. The maximum Gasteiger partial charge on any atom is 0.202 e. The Labute approximate surface area is 144 Å². The van der Waals surface area contributed by atoms with Crippen molar-refractivity contribution in [2.75, 3.05) is 11.1 Å². The highest BCUT2D eigenvalue weighted by Gasteiger charge is 2.13. The van der Waals surface area contributed by atoms with Crippen LogP contribution in [0.25, 0.3) is 0 Å².